The lowest BCUT2D eigenvalue weighted by Gasteiger charge is -2.26. The van der Waals surface area contributed by atoms with Crippen LogP contribution in [0.3, 0.4) is 0 Å². The summed E-state index contributed by atoms with van der Waals surface area (Å²) in [4.78, 5) is 35.0. The maximum absolute atomic E-state index is 12.6. The lowest BCUT2D eigenvalue weighted by molar-refractivity contribution is -0.131. The van der Waals surface area contributed by atoms with Crippen LogP contribution in [0.25, 0.3) is 0 Å². The second-order valence-electron chi connectivity index (χ2n) is 6.83. The Bertz CT molecular complexity index is 600. The van der Waals surface area contributed by atoms with E-state index in [2.05, 4.69) is 4.98 Å². The first-order valence-corrected chi connectivity index (χ1v) is 8.44. The van der Waals surface area contributed by atoms with E-state index in [1.54, 1.807) is 6.20 Å². The number of amides is 3. The van der Waals surface area contributed by atoms with E-state index in [4.69, 9.17) is 0 Å². The van der Waals surface area contributed by atoms with Gasteiger partial charge >= 0.3 is 6.03 Å². The molecule has 3 aliphatic heterocycles. The minimum Gasteiger partial charge on any atom is -0.338 e. The van der Waals surface area contributed by atoms with Gasteiger partial charge < -0.3 is 14.7 Å². The van der Waals surface area contributed by atoms with Crippen LogP contribution < -0.4 is 0 Å². The molecule has 4 heterocycles. The molecule has 0 radical (unpaired) electrons. The first kappa shape index (κ1) is 14.5. The van der Waals surface area contributed by atoms with Gasteiger partial charge in [-0.15, -0.1) is 0 Å². The highest BCUT2D eigenvalue weighted by Crippen LogP contribution is 2.33. The standard InChI is InChI=1S/C17H22N4O2/c22-16-15-12-21(17(23)19-6-1-2-7-19)11-14(15)10-20(16)9-13-4-3-5-18-8-13/h3-5,8,14-15H,1-2,6-7,9-12H2/t14-,15+/m1/s1. The van der Waals surface area contributed by atoms with Crippen molar-refractivity contribution in [3.8, 4) is 0 Å². The Kier molecular flexibility index (Phi) is 3.67. The summed E-state index contributed by atoms with van der Waals surface area (Å²) in [5.41, 5.74) is 1.06. The predicted octanol–water partition coefficient (Wildman–Crippen LogP) is 1.19. The van der Waals surface area contributed by atoms with Crippen LogP contribution in [0.1, 0.15) is 18.4 Å². The van der Waals surface area contributed by atoms with E-state index in [1.807, 2.05) is 33.0 Å². The molecular formula is C17H22N4O2. The average molecular weight is 314 g/mol. The third-order valence-corrected chi connectivity index (χ3v) is 5.27. The summed E-state index contributed by atoms with van der Waals surface area (Å²) in [6, 6.07) is 4.02. The second kappa shape index (κ2) is 5.83. The maximum atomic E-state index is 12.6. The molecule has 0 unspecified atom stereocenters. The van der Waals surface area contributed by atoms with Gasteiger partial charge in [-0.3, -0.25) is 9.78 Å². The fourth-order valence-electron chi connectivity index (χ4n) is 4.06. The van der Waals surface area contributed by atoms with Gasteiger partial charge in [0.05, 0.1) is 5.92 Å². The molecule has 23 heavy (non-hydrogen) atoms. The van der Waals surface area contributed by atoms with Crippen molar-refractivity contribution in [2.24, 2.45) is 11.8 Å². The molecule has 1 aromatic heterocycles. The van der Waals surface area contributed by atoms with Crippen LogP contribution in [-0.2, 0) is 11.3 Å². The summed E-state index contributed by atoms with van der Waals surface area (Å²) in [5.74, 6) is 0.458. The van der Waals surface area contributed by atoms with E-state index in [-0.39, 0.29) is 23.8 Å². The fourth-order valence-corrected chi connectivity index (χ4v) is 4.06. The van der Waals surface area contributed by atoms with Gasteiger partial charge in [0, 0.05) is 57.6 Å². The van der Waals surface area contributed by atoms with Crippen molar-refractivity contribution in [2.75, 3.05) is 32.7 Å². The van der Waals surface area contributed by atoms with Crippen LogP contribution in [0.4, 0.5) is 4.79 Å². The highest BCUT2D eigenvalue weighted by atomic mass is 16.2. The third kappa shape index (κ3) is 2.66. The topological polar surface area (TPSA) is 56.8 Å². The molecule has 6 heteroatoms. The van der Waals surface area contributed by atoms with Crippen molar-refractivity contribution in [1.29, 1.82) is 0 Å². The van der Waals surface area contributed by atoms with Crippen LogP contribution in [-0.4, -0.2) is 64.3 Å². The summed E-state index contributed by atoms with van der Waals surface area (Å²) in [5, 5.41) is 0. The zero-order valence-corrected chi connectivity index (χ0v) is 13.2. The monoisotopic (exact) mass is 314 g/mol. The SMILES string of the molecule is O=C1[C@H]2CN(C(=O)N3CCCC3)C[C@H]2CN1Cc1cccnc1. The predicted molar refractivity (Wildman–Crippen MR) is 84.4 cm³/mol. The molecule has 122 valence electrons. The number of aromatic nitrogens is 1. The van der Waals surface area contributed by atoms with Crippen molar-refractivity contribution in [3.05, 3.63) is 30.1 Å². The minimum absolute atomic E-state index is 0.0155. The van der Waals surface area contributed by atoms with Crippen molar-refractivity contribution in [3.63, 3.8) is 0 Å². The zero-order valence-electron chi connectivity index (χ0n) is 13.2. The third-order valence-electron chi connectivity index (χ3n) is 5.27. The van der Waals surface area contributed by atoms with E-state index in [9.17, 15) is 9.59 Å². The number of rotatable bonds is 2. The summed E-state index contributed by atoms with van der Waals surface area (Å²) >= 11 is 0. The Labute approximate surface area is 136 Å². The quantitative estimate of drug-likeness (QED) is 0.824. The van der Waals surface area contributed by atoms with Gasteiger partial charge in [0.25, 0.3) is 0 Å². The van der Waals surface area contributed by atoms with Gasteiger partial charge in [0.15, 0.2) is 0 Å². The molecular weight excluding hydrogens is 292 g/mol. The molecule has 3 saturated heterocycles. The van der Waals surface area contributed by atoms with Crippen molar-refractivity contribution in [1.82, 2.24) is 19.7 Å². The molecule has 4 rings (SSSR count). The molecule has 2 atom stereocenters. The highest BCUT2D eigenvalue weighted by molar-refractivity contribution is 5.84. The molecule has 0 N–H and O–H groups in total. The summed E-state index contributed by atoms with van der Waals surface area (Å²) < 4.78 is 0. The first-order valence-electron chi connectivity index (χ1n) is 8.44. The molecule has 3 aliphatic rings. The number of hydrogen-bond acceptors (Lipinski definition) is 3. The Balaban J connectivity index is 1.38. The lowest BCUT2D eigenvalue weighted by atomic mass is 10.0. The Morgan fingerprint density at radius 1 is 1.17 bits per heavy atom. The van der Waals surface area contributed by atoms with E-state index in [0.717, 1.165) is 44.6 Å². The van der Waals surface area contributed by atoms with Gasteiger partial charge in [-0.2, -0.15) is 0 Å². The maximum Gasteiger partial charge on any atom is 0.320 e. The van der Waals surface area contributed by atoms with E-state index in [1.165, 1.54) is 0 Å². The lowest BCUT2D eigenvalue weighted by Crippen LogP contribution is -2.42. The number of fused-ring (bicyclic) bond motifs is 1. The first-order chi connectivity index (χ1) is 11.2. The second-order valence-corrected chi connectivity index (χ2v) is 6.83. The number of likely N-dealkylation sites (tertiary alicyclic amines) is 3. The van der Waals surface area contributed by atoms with Crippen molar-refractivity contribution >= 4 is 11.9 Å². The van der Waals surface area contributed by atoms with Gasteiger partial charge in [-0.25, -0.2) is 4.79 Å². The van der Waals surface area contributed by atoms with Crippen LogP contribution >= 0.6 is 0 Å². The summed E-state index contributed by atoms with van der Waals surface area (Å²) in [6.45, 7) is 4.41. The number of pyridine rings is 1. The molecule has 1 aromatic rings. The molecule has 3 amide bonds. The number of hydrogen-bond donors (Lipinski definition) is 0. The van der Waals surface area contributed by atoms with Crippen LogP contribution in [0.2, 0.25) is 0 Å². The van der Waals surface area contributed by atoms with Gasteiger partial charge in [0.1, 0.15) is 0 Å². The molecule has 3 fully saturated rings. The average Bonchev–Trinajstić information content (AvgIpc) is 3.28. The summed E-state index contributed by atoms with van der Waals surface area (Å²) in [7, 11) is 0. The van der Waals surface area contributed by atoms with Gasteiger partial charge in [-0.1, -0.05) is 6.07 Å². The smallest absolute Gasteiger partial charge is 0.320 e. The van der Waals surface area contributed by atoms with Crippen LogP contribution in [0.5, 0.6) is 0 Å². The molecule has 0 aromatic carbocycles. The minimum atomic E-state index is -0.0155. The molecule has 0 aliphatic carbocycles. The number of nitrogens with zero attached hydrogens (tertiary/aromatic N) is 4. The van der Waals surface area contributed by atoms with E-state index in [0.29, 0.717) is 13.1 Å². The summed E-state index contributed by atoms with van der Waals surface area (Å²) in [6.07, 6.45) is 5.75. The van der Waals surface area contributed by atoms with Crippen molar-refractivity contribution < 1.29 is 9.59 Å². The molecule has 0 spiro atoms. The molecule has 6 nitrogen and oxygen atoms in total. The normalized spacial score (nSPS) is 27.0. The molecule has 0 saturated carbocycles. The fraction of sp³-hybridized carbons (Fsp3) is 0.588. The zero-order chi connectivity index (χ0) is 15.8. The number of carbonyl (C=O) groups is 2. The van der Waals surface area contributed by atoms with Crippen LogP contribution in [0.15, 0.2) is 24.5 Å². The highest BCUT2D eigenvalue weighted by Gasteiger charge is 2.47. The van der Waals surface area contributed by atoms with Gasteiger partial charge in [-0.05, 0) is 24.5 Å². The Morgan fingerprint density at radius 2 is 2.00 bits per heavy atom. The van der Waals surface area contributed by atoms with Gasteiger partial charge in [0.2, 0.25) is 5.91 Å². The van der Waals surface area contributed by atoms with E-state index < -0.39 is 0 Å². The van der Waals surface area contributed by atoms with Crippen molar-refractivity contribution in [2.45, 2.75) is 19.4 Å². The molecule has 0 bridgehead atoms. The van der Waals surface area contributed by atoms with Crippen LogP contribution in [0, 0.1) is 11.8 Å². The Morgan fingerprint density at radius 3 is 2.70 bits per heavy atom. The van der Waals surface area contributed by atoms with E-state index >= 15 is 0 Å². The number of urea groups is 1. The number of carbonyl (C=O) groups excluding carboxylic acids is 2. The largest absolute Gasteiger partial charge is 0.338 e. The Hall–Kier alpha value is -2.11.